The SMILES string of the molecule is CCOc1cc(/C=C2/SC(=O)N(CCCOC)C2=O)cc(Br)c1OCc1ccccc1C#N. The van der Waals surface area contributed by atoms with E-state index in [2.05, 4.69) is 22.0 Å². The maximum absolute atomic E-state index is 12.7. The molecule has 0 unspecified atom stereocenters. The number of amides is 2. The van der Waals surface area contributed by atoms with Crippen LogP contribution in [0.2, 0.25) is 0 Å². The minimum absolute atomic E-state index is 0.197. The van der Waals surface area contributed by atoms with Crippen molar-refractivity contribution in [1.82, 2.24) is 4.90 Å². The number of hydrogen-bond acceptors (Lipinski definition) is 7. The third-order valence-corrected chi connectivity index (χ3v) is 6.24. The maximum atomic E-state index is 12.7. The third-order valence-electron chi connectivity index (χ3n) is 4.74. The first-order valence-corrected chi connectivity index (χ1v) is 11.9. The molecular weight excluding hydrogens is 508 g/mol. The molecule has 33 heavy (non-hydrogen) atoms. The van der Waals surface area contributed by atoms with Crippen molar-refractivity contribution in [2.75, 3.05) is 26.9 Å². The average molecular weight is 531 g/mol. The Morgan fingerprint density at radius 1 is 1.21 bits per heavy atom. The molecule has 0 atom stereocenters. The topological polar surface area (TPSA) is 88.9 Å². The molecule has 2 amide bonds. The number of nitrogens with zero attached hydrogens (tertiary/aromatic N) is 2. The molecule has 1 aliphatic rings. The van der Waals surface area contributed by atoms with Gasteiger partial charge in [0.15, 0.2) is 11.5 Å². The molecule has 0 bridgehead atoms. The van der Waals surface area contributed by atoms with Crippen LogP contribution >= 0.6 is 27.7 Å². The molecule has 1 saturated heterocycles. The lowest BCUT2D eigenvalue weighted by Gasteiger charge is -2.15. The molecule has 0 aromatic heterocycles. The summed E-state index contributed by atoms with van der Waals surface area (Å²) in [6.45, 7) is 3.27. The number of hydrogen-bond donors (Lipinski definition) is 0. The molecule has 3 rings (SSSR count). The van der Waals surface area contributed by atoms with E-state index in [0.717, 1.165) is 17.3 Å². The van der Waals surface area contributed by atoms with Gasteiger partial charge >= 0.3 is 0 Å². The van der Waals surface area contributed by atoms with Gasteiger partial charge in [-0.1, -0.05) is 18.2 Å². The van der Waals surface area contributed by atoms with E-state index in [1.54, 1.807) is 37.5 Å². The highest BCUT2D eigenvalue weighted by atomic mass is 79.9. The smallest absolute Gasteiger partial charge is 0.293 e. The van der Waals surface area contributed by atoms with Crippen molar-refractivity contribution in [1.29, 1.82) is 5.26 Å². The first kappa shape index (κ1) is 24.8. The van der Waals surface area contributed by atoms with E-state index in [0.29, 0.717) is 58.2 Å². The molecule has 0 spiro atoms. The fourth-order valence-corrected chi connectivity index (χ4v) is 4.63. The standard InChI is InChI=1S/C24H23BrN2O5S/c1-3-31-20-12-16(13-21-23(28)27(24(29)33-21)9-6-10-30-2)11-19(25)22(20)32-15-18-8-5-4-7-17(18)14-26/h4-5,7-8,11-13H,3,6,9-10,15H2,1-2H3/b21-13+. The molecule has 7 nitrogen and oxygen atoms in total. The van der Waals surface area contributed by atoms with E-state index in [1.807, 2.05) is 19.1 Å². The van der Waals surface area contributed by atoms with E-state index >= 15 is 0 Å². The number of benzene rings is 2. The fraction of sp³-hybridized carbons (Fsp3) is 0.292. The molecule has 0 aliphatic carbocycles. The van der Waals surface area contributed by atoms with Gasteiger partial charge in [0.05, 0.1) is 27.6 Å². The van der Waals surface area contributed by atoms with E-state index < -0.39 is 0 Å². The number of nitriles is 1. The number of rotatable bonds is 10. The Morgan fingerprint density at radius 3 is 2.73 bits per heavy atom. The summed E-state index contributed by atoms with van der Waals surface area (Å²) in [5.41, 5.74) is 2.00. The summed E-state index contributed by atoms with van der Waals surface area (Å²) < 4.78 is 17.4. The van der Waals surface area contributed by atoms with Crippen LogP contribution in [0.1, 0.15) is 30.0 Å². The van der Waals surface area contributed by atoms with Gasteiger partial charge in [-0.15, -0.1) is 0 Å². The van der Waals surface area contributed by atoms with E-state index in [-0.39, 0.29) is 17.8 Å². The number of imide groups is 1. The lowest BCUT2D eigenvalue weighted by Crippen LogP contribution is -2.29. The summed E-state index contributed by atoms with van der Waals surface area (Å²) in [4.78, 5) is 26.5. The van der Waals surface area contributed by atoms with Crippen molar-refractivity contribution in [3.05, 3.63) is 62.5 Å². The second-order valence-corrected chi connectivity index (χ2v) is 8.85. The van der Waals surface area contributed by atoms with Crippen molar-refractivity contribution in [3.63, 3.8) is 0 Å². The number of carbonyl (C=O) groups is 2. The summed E-state index contributed by atoms with van der Waals surface area (Å²) >= 11 is 4.44. The lowest BCUT2D eigenvalue weighted by atomic mass is 10.1. The van der Waals surface area contributed by atoms with Crippen LogP contribution in [0.15, 0.2) is 45.8 Å². The van der Waals surface area contributed by atoms with Gasteiger partial charge in [-0.2, -0.15) is 5.26 Å². The molecule has 172 valence electrons. The number of carbonyl (C=O) groups excluding carboxylic acids is 2. The second kappa shape index (κ2) is 11.9. The van der Waals surface area contributed by atoms with Gasteiger partial charge in [0.1, 0.15) is 6.61 Å². The van der Waals surface area contributed by atoms with Crippen LogP contribution in [0.3, 0.4) is 0 Å². The van der Waals surface area contributed by atoms with Gasteiger partial charge in [-0.05, 0) is 70.9 Å². The Labute approximate surface area is 205 Å². The molecule has 1 heterocycles. The van der Waals surface area contributed by atoms with Crippen LogP contribution in [-0.2, 0) is 16.1 Å². The van der Waals surface area contributed by atoms with E-state index in [4.69, 9.17) is 14.2 Å². The molecule has 9 heteroatoms. The van der Waals surface area contributed by atoms with E-state index in [1.165, 1.54) is 4.90 Å². The van der Waals surface area contributed by atoms with Crippen LogP contribution in [0.25, 0.3) is 6.08 Å². The molecule has 0 N–H and O–H groups in total. The zero-order valence-electron chi connectivity index (χ0n) is 18.3. The van der Waals surface area contributed by atoms with Crippen LogP contribution in [0.4, 0.5) is 4.79 Å². The number of thioether (sulfide) groups is 1. The van der Waals surface area contributed by atoms with E-state index in [9.17, 15) is 14.9 Å². The van der Waals surface area contributed by atoms with Gasteiger partial charge in [-0.3, -0.25) is 14.5 Å². The largest absolute Gasteiger partial charge is 0.490 e. The van der Waals surface area contributed by atoms with Crippen molar-refractivity contribution < 1.29 is 23.8 Å². The van der Waals surface area contributed by atoms with Crippen molar-refractivity contribution in [2.24, 2.45) is 0 Å². The molecule has 2 aromatic carbocycles. The minimum Gasteiger partial charge on any atom is -0.490 e. The summed E-state index contributed by atoms with van der Waals surface area (Å²) in [5, 5.41) is 9.00. The Morgan fingerprint density at radius 2 is 2.00 bits per heavy atom. The predicted molar refractivity (Wildman–Crippen MR) is 130 cm³/mol. The predicted octanol–water partition coefficient (Wildman–Crippen LogP) is 5.37. The lowest BCUT2D eigenvalue weighted by molar-refractivity contribution is -0.122. The molecular formula is C24H23BrN2O5S. The first-order valence-electron chi connectivity index (χ1n) is 10.3. The monoisotopic (exact) mass is 530 g/mol. The van der Waals surface area contributed by atoms with Gasteiger partial charge in [0.2, 0.25) is 0 Å². The highest BCUT2D eigenvalue weighted by molar-refractivity contribution is 9.10. The Bertz CT molecular complexity index is 1110. The normalized spacial score (nSPS) is 14.6. The van der Waals surface area contributed by atoms with Gasteiger partial charge in [0, 0.05) is 25.8 Å². The van der Waals surface area contributed by atoms with Crippen molar-refractivity contribution >= 4 is 44.9 Å². The maximum Gasteiger partial charge on any atom is 0.293 e. The summed E-state index contributed by atoms with van der Waals surface area (Å²) in [7, 11) is 1.58. The van der Waals surface area contributed by atoms with Crippen LogP contribution in [0, 0.1) is 11.3 Å². The molecule has 1 aliphatic heterocycles. The quantitative estimate of drug-likeness (QED) is 0.301. The number of methoxy groups -OCH3 is 1. The number of ether oxygens (including phenoxy) is 3. The van der Waals surface area contributed by atoms with Crippen molar-refractivity contribution in [3.8, 4) is 17.6 Å². The van der Waals surface area contributed by atoms with Gasteiger partial charge in [0.25, 0.3) is 11.1 Å². The van der Waals surface area contributed by atoms with Crippen molar-refractivity contribution in [2.45, 2.75) is 20.0 Å². The highest BCUT2D eigenvalue weighted by Gasteiger charge is 2.34. The van der Waals surface area contributed by atoms with Gasteiger partial charge < -0.3 is 14.2 Å². The summed E-state index contributed by atoms with van der Waals surface area (Å²) in [5.74, 6) is 0.671. The summed E-state index contributed by atoms with van der Waals surface area (Å²) in [6, 6.07) is 13.0. The molecule has 2 aromatic rings. The minimum atomic E-state index is -0.316. The second-order valence-electron chi connectivity index (χ2n) is 7.00. The van der Waals surface area contributed by atoms with Crippen LogP contribution in [0.5, 0.6) is 11.5 Å². The molecule has 0 saturated carbocycles. The Balaban J connectivity index is 1.83. The number of halogens is 1. The average Bonchev–Trinajstić information content (AvgIpc) is 3.06. The Kier molecular flexibility index (Phi) is 8.95. The van der Waals surface area contributed by atoms with Crippen LogP contribution in [-0.4, -0.2) is 42.9 Å². The fourth-order valence-electron chi connectivity index (χ4n) is 3.19. The Hall–Kier alpha value is -2.80. The van der Waals surface area contributed by atoms with Gasteiger partial charge in [-0.25, -0.2) is 0 Å². The highest BCUT2D eigenvalue weighted by Crippen LogP contribution is 2.39. The molecule has 1 fully saturated rings. The summed E-state index contributed by atoms with van der Waals surface area (Å²) in [6.07, 6.45) is 2.26. The molecule has 0 radical (unpaired) electrons. The van der Waals surface area contributed by atoms with Crippen LogP contribution < -0.4 is 9.47 Å². The zero-order chi connectivity index (χ0) is 23.8. The third kappa shape index (κ3) is 6.16. The zero-order valence-corrected chi connectivity index (χ0v) is 20.7. The first-order chi connectivity index (χ1) is 16.0.